The summed E-state index contributed by atoms with van der Waals surface area (Å²) < 4.78 is 1.74. The Balaban J connectivity index is 1.42. The first-order chi connectivity index (χ1) is 13.1. The molecule has 5 nitrogen and oxygen atoms in total. The molecule has 2 atom stereocenters. The summed E-state index contributed by atoms with van der Waals surface area (Å²) in [6.45, 7) is 7.69. The third-order valence-corrected chi connectivity index (χ3v) is 5.77. The highest BCUT2D eigenvalue weighted by atomic mass is 15.3. The number of hydrogen-bond acceptors (Lipinski definition) is 4. The van der Waals surface area contributed by atoms with Crippen molar-refractivity contribution in [2.75, 3.05) is 25.4 Å². The Labute approximate surface area is 161 Å². The summed E-state index contributed by atoms with van der Waals surface area (Å²) in [5.74, 6) is 1.72. The van der Waals surface area contributed by atoms with E-state index in [0.717, 1.165) is 30.1 Å². The van der Waals surface area contributed by atoms with Gasteiger partial charge in [-0.25, -0.2) is 4.98 Å². The van der Waals surface area contributed by atoms with Gasteiger partial charge in [-0.1, -0.05) is 37.3 Å². The fraction of sp³-hybridized carbons (Fsp3) is 0.455. The number of aromatic nitrogens is 3. The predicted octanol–water partition coefficient (Wildman–Crippen LogP) is 3.99. The highest BCUT2D eigenvalue weighted by Gasteiger charge is 2.23. The number of fused-ring (bicyclic) bond motifs is 1. The standard InChI is InChI=1S/C22H29N5/c1-16(18-7-4-3-5-8-18)10-12-26-11-6-9-19(15-26)20-14-21(23)27-22(24-20)13-17(2)25-27/h3-5,7-8,13-14,16,19H,6,9-12,15,23H2,1-2H3/t16-,19-/m0/s1. The molecule has 2 N–H and O–H groups in total. The summed E-state index contributed by atoms with van der Waals surface area (Å²) >= 11 is 0. The first-order valence-corrected chi connectivity index (χ1v) is 10.0. The summed E-state index contributed by atoms with van der Waals surface area (Å²) in [7, 11) is 0. The van der Waals surface area contributed by atoms with Gasteiger partial charge in [-0.05, 0) is 50.8 Å². The van der Waals surface area contributed by atoms with Gasteiger partial charge in [0.05, 0.1) is 11.4 Å². The fourth-order valence-electron chi connectivity index (χ4n) is 4.17. The van der Waals surface area contributed by atoms with E-state index in [0.29, 0.717) is 17.7 Å². The van der Waals surface area contributed by atoms with Gasteiger partial charge in [-0.2, -0.15) is 9.61 Å². The highest BCUT2D eigenvalue weighted by Crippen LogP contribution is 2.28. The van der Waals surface area contributed by atoms with Crippen molar-refractivity contribution >= 4 is 11.5 Å². The molecular weight excluding hydrogens is 334 g/mol. The molecular formula is C22H29N5. The van der Waals surface area contributed by atoms with Gasteiger partial charge >= 0.3 is 0 Å². The van der Waals surface area contributed by atoms with Gasteiger partial charge in [0, 0.05) is 24.6 Å². The molecule has 1 fully saturated rings. The Morgan fingerprint density at radius 2 is 2.04 bits per heavy atom. The molecule has 0 saturated carbocycles. The van der Waals surface area contributed by atoms with Crippen LogP contribution in [0.15, 0.2) is 42.5 Å². The molecule has 1 aliphatic heterocycles. The minimum atomic E-state index is 0.452. The number of aryl methyl sites for hydroxylation is 1. The number of piperidine rings is 1. The molecule has 0 aliphatic carbocycles. The Morgan fingerprint density at radius 3 is 2.85 bits per heavy atom. The van der Waals surface area contributed by atoms with Crippen LogP contribution in [-0.4, -0.2) is 39.1 Å². The van der Waals surface area contributed by atoms with Gasteiger partial charge in [0.1, 0.15) is 5.82 Å². The molecule has 0 bridgehead atoms. The average Bonchev–Trinajstić information content (AvgIpc) is 3.08. The Bertz CT molecular complexity index is 902. The zero-order valence-electron chi connectivity index (χ0n) is 16.3. The minimum absolute atomic E-state index is 0.452. The lowest BCUT2D eigenvalue weighted by Crippen LogP contribution is -2.35. The molecule has 142 valence electrons. The Hall–Kier alpha value is -2.40. The van der Waals surface area contributed by atoms with Crippen LogP contribution in [0, 0.1) is 6.92 Å². The van der Waals surface area contributed by atoms with Crippen LogP contribution in [-0.2, 0) is 0 Å². The summed E-state index contributed by atoms with van der Waals surface area (Å²) in [5.41, 5.74) is 10.6. The van der Waals surface area contributed by atoms with Crippen LogP contribution in [0.25, 0.3) is 5.65 Å². The number of nitrogen functional groups attached to an aromatic ring is 1. The minimum Gasteiger partial charge on any atom is -0.384 e. The van der Waals surface area contributed by atoms with Crippen LogP contribution < -0.4 is 5.73 Å². The first-order valence-electron chi connectivity index (χ1n) is 10.0. The second-order valence-electron chi connectivity index (χ2n) is 7.90. The van der Waals surface area contributed by atoms with Crippen molar-refractivity contribution in [3.05, 3.63) is 59.4 Å². The normalized spacial score (nSPS) is 19.4. The number of rotatable bonds is 5. The van der Waals surface area contributed by atoms with Crippen LogP contribution in [0.1, 0.15) is 55.0 Å². The molecule has 3 aromatic rings. The van der Waals surface area contributed by atoms with Gasteiger partial charge in [-0.3, -0.25) is 0 Å². The molecule has 0 spiro atoms. The molecule has 27 heavy (non-hydrogen) atoms. The quantitative estimate of drug-likeness (QED) is 0.744. The maximum atomic E-state index is 6.22. The lowest BCUT2D eigenvalue weighted by molar-refractivity contribution is 0.200. The summed E-state index contributed by atoms with van der Waals surface area (Å²) in [6.07, 6.45) is 3.59. The molecule has 5 heteroatoms. The number of hydrogen-bond donors (Lipinski definition) is 1. The fourth-order valence-corrected chi connectivity index (χ4v) is 4.17. The third-order valence-electron chi connectivity index (χ3n) is 5.77. The molecule has 4 rings (SSSR count). The Morgan fingerprint density at radius 1 is 1.22 bits per heavy atom. The van der Waals surface area contributed by atoms with E-state index < -0.39 is 0 Å². The number of nitrogens with two attached hydrogens (primary N) is 1. The van der Waals surface area contributed by atoms with E-state index in [1.54, 1.807) is 4.52 Å². The monoisotopic (exact) mass is 363 g/mol. The molecule has 0 unspecified atom stereocenters. The van der Waals surface area contributed by atoms with Gasteiger partial charge in [-0.15, -0.1) is 0 Å². The van der Waals surface area contributed by atoms with E-state index in [1.807, 2.05) is 19.1 Å². The lowest BCUT2D eigenvalue weighted by Gasteiger charge is -2.33. The average molecular weight is 364 g/mol. The van der Waals surface area contributed by atoms with Crippen LogP contribution in [0.2, 0.25) is 0 Å². The van der Waals surface area contributed by atoms with Crippen molar-refractivity contribution in [1.82, 2.24) is 19.5 Å². The number of nitrogens with zero attached hydrogens (tertiary/aromatic N) is 4. The maximum absolute atomic E-state index is 6.22. The number of benzene rings is 1. The summed E-state index contributed by atoms with van der Waals surface area (Å²) in [6, 6.07) is 14.8. The van der Waals surface area contributed by atoms with Crippen molar-refractivity contribution in [2.45, 2.75) is 44.9 Å². The van der Waals surface area contributed by atoms with Crippen LogP contribution in [0.3, 0.4) is 0 Å². The van der Waals surface area contributed by atoms with Crippen LogP contribution >= 0.6 is 0 Å². The maximum Gasteiger partial charge on any atom is 0.157 e. The smallest absolute Gasteiger partial charge is 0.157 e. The zero-order valence-corrected chi connectivity index (χ0v) is 16.3. The zero-order chi connectivity index (χ0) is 18.8. The second-order valence-corrected chi connectivity index (χ2v) is 7.90. The SMILES string of the molecule is Cc1cc2nc([C@H]3CCCN(CC[C@H](C)c4ccccc4)C3)cc(N)n2n1. The molecule has 3 heterocycles. The first kappa shape index (κ1) is 18.0. The highest BCUT2D eigenvalue weighted by molar-refractivity contribution is 5.48. The Kier molecular flexibility index (Phi) is 5.12. The predicted molar refractivity (Wildman–Crippen MR) is 110 cm³/mol. The third kappa shape index (κ3) is 3.98. The van der Waals surface area contributed by atoms with Crippen LogP contribution in [0.4, 0.5) is 5.82 Å². The second kappa shape index (κ2) is 7.69. The summed E-state index contributed by atoms with van der Waals surface area (Å²) in [4.78, 5) is 7.45. The number of likely N-dealkylation sites (tertiary alicyclic amines) is 1. The molecule has 0 radical (unpaired) electrons. The molecule has 0 amide bonds. The van der Waals surface area contributed by atoms with E-state index in [-0.39, 0.29) is 0 Å². The van der Waals surface area contributed by atoms with E-state index in [1.165, 1.54) is 31.4 Å². The summed E-state index contributed by atoms with van der Waals surface area (Å²) in [5, 5.41) is 4.41. The van der Waals surface area contributed by atoms with Gasteiger partial charge in [0.15, 0.2) is 5.65 Å². The van der Waals surface area contributed by atoms with Crippen molar-refractivity contribution in [3.63, 3.8) is 0 Å². The van der Waals surface area contributed by atoms with Crippen molar-refractivity contribution in [3.8, 4) is 0 Å². The van der Waals surface area contributed by atoms with Gasteiger partial charge in [0.25, 0.3) is 0 Å². The molecule has 1 aromatic carbocycles. The molecule has 1 aliphatic rings. The van der Waals surface area contributed by atoms with Gasteiger partial charge < -0.3 is 10.6 Å². The largest absolute Gasteiger partial charge is 0.384 e. The van der Waals surface area contributed by atoms with Gasteiger partial charge in [0.2, 0.25) is 0 Å². The topological polar surface area (TPSA) is 59.5 Å². The van der Waals surface area contributed by atoms with Crippen LogP contribution in [0.5, 0.6) is 0 Å². The van der Waals surface area contributed by atoms with Crippen molar-refractivity contribution in [2.24, 2.45) is 0 Å². The molecule has 2 aromatic heterocycles. The van der Waals surface area contributed by atoms with Crippen molar-refractivity contribution in [1.29, 1.82) is 0 Å². The lowest BCUT2D eigenvalue weighted by atomic mass is 9.93. The van der Waals surface area contributed by atoms with E-state index >= 15 is 0 Å². The van der Waals surface area contributed by atoms with E-state index in [2.05, 4.69) is 47.3 Å². The molecule has 1 saturated heterocycles. The van der Waals surface area contributed by atoms with E-state index in [4.69, 9.17) is 10.7 Å². The number of anilines is 1. The van der Waals surface area contributed by atoms with E-state index in [9.17, 15) is 0 Å². The van der Waals surface area contributed by atoms with Crippen molar-refractivity contribution < 1.29 is 0 Å².